The maximum atomic E-state index is 12.9. The quantitative estimate of drug-likeness (QED) is 0.716. The first-order valence-electron chi connectivity index (χ1n) is 9.61. The van der Waals surface area contributed by atoms with Crippen LogP contribution < -0.4 is 15.0 Å². The lowest BCUT2D eigenvalue weighted by atomic mass is 10.00. The summed E-state index contributed by atoms with van der Waals surface area (Å²) in [5.74, 6) is 0.528. The molecule has 0 saturated carbocycles. The maximum absolute atomic E-state index is 12.9. The summed E-state index contributed by atoms with van der Waals surface area (Å²) in [5, 5.41) is 2.94. The molecule has 4 rings (SSSR count). The van der Waals surface area contributed by atoms with Crippen molar-refractivity contribution in [2.24, 2.45) is 0 Å². The van der Waals surface area contributed by atoms with E-state index in [0.29, 0.717) is 23.4 Å². The summed E-state index contributed by atoms with van der Waals surface area (Å²) in [5.41, 5.74) is 3.93. The molecule has 3 aromatic carbocycles. The molecule has 0 spiro atoms. The Kier molecular flexibility index (Phi) is 5.29. The van der Waals surface area contributed by atoms with E-state index in [1.807, 2.05) is 53.4 Å². The Labute approximate surface area is 169 Å². The molecule has 1 heterocycles. The monoisotopic (exact) mass is 386 g/mol. The summed E-state index contributed by atoms with van der Waals surface area (Å²) in [7, 11) is 1.59. The number of nitrogens with one attached hydrogen (secondary N) is 1. The van der Waals surface area contributed by atoms with Crippen molar-refractivity contribution in [1.82, 2.24) is 0 Å². The number of methoxy groups -OCH3 is 1. The fourth-order valence-electron chi connectivity index (χ4n) is 3.57. The van der Waals surface area contributed by atoms with E-state index >= 15 is 0 Å². The largest absolute Gasteiger partial charge is 0.497 e. The SMILES string of the molecule is COc1ccc(C(=O)Nc2ccc3c(c2)CCCN3C(=O)c2ccccc2)cc1. The third-order valence-corrected chi connectivity index (χ3v) is 5.07. The Hall–Kier alpha value is -3.60. The van der Waals surface area contributed by atoms with Crippen LogP contribution in [0.1, 0.15) is 32.7 Å². The Morgan fingerprint density at radius 1 is 0.931 bits per heavy atom. The molecule has 0 radical (unpaired) electrons. The fraction of sp³-hybridized carbons (Fsp3) is 0.167. The number of amides is 2. The number of ether oxygens (including phenoxy) is 1. The number of anilines is 2. The Bertz CT molecular complexity index is 1030. The molecule has 29 heavy (non-hydrogen) atoms. The summed E-state index contributed by atoms with van der Waals surface area (Å²) in [6.45, 7) is 0.693. The third-order valence-electron chi connectivity index (χ3n) is 5.07. The smallest absolute Gasteiger partial charge is 0.258 e. The lowest BCUT2D eigenvalue weighted by Crippen LogP contribution is -2.35. The number of aryl methyl sites for hydroxylation is 1. The van der Waals surface area contributed by atoms with Crippen LogP contribution in [0, 0.1) is 0 Å². The highest BCUT2D eigenvalue weighted by molar-refractivity contribution is 6.07. The van der Waals surface area contributed by atoms with E-state index < -0.39 is 0 Å². The summed E-state index contributed by atoms with van der Waals surface area (Å²) in [6.07, 6.45) is 1.77. The summed E-state index contributed by atoms with van der Waals surface area (Å²) >= 11 is 0. The van der Waals surface area contributed by atoms with Crippen molar-refractivity contribution in [3.8, 4) is 5.75 Å². The number of hydrogen-bond acceptors (Lipinski definition) is 3. The molecule has 0 unspecified atom stereocenters. The van der Waals surface area contributed by atoms with Gasteiger partial charge in [-0.1, -0.05) is 18.2 Å². The Morgan fingerprint density at radius 2 is 1.69 bits per heavy atom. The number of nitrogens with zero attached hydrogens (tertiary/aromatic N) is 1. The number of benzene rings is 3. The second-order valence-corrected chi connectivity index (χ2v) is 6.95. The van der Waals surface area contributed by atoms with E-state index in [1.54, 1.807) is 31.4 Å². The van der Waals surface area contributed by atoms with Crippen LogP contribution in [0.5, 0.6) is 5.75 Å². The average molecular weight is 386 g/mol. The Balaban J connectivity index is 1.53. The third kappa shape index (κ3) is 3.99. The van der Waals surface area contributed by atoms with Crippen LogP contribution >= 0.6 is 0 Å². The van der Waals surface area contributed by atoms with Crippen molar-refractivity contribution in [3.05, 3.63) is 89.5 Å². The molecule has 5 nitrogen and oxygen atoms in total. The molecule has 1 aliphatic heterocycles. The maximum Gasteiger partial charge on any atom is 0.258 e. The minimum Gasteiger partial charge on any atom is -0.497 e. The molecule has 0 aromatic heterocycles. The van der Waals surface area contributed by atoms with E-state index in [0.717, 1.165) is 29.8 Å². The molecule has 5 heteroatoms. The van der Waals surface area contributed by atoms with Crippen LogP contribution in [-0.2, 0) is 6.42 Å². The zero-order chi connectivity index (χ0) is 20.2. The van der Waals surface area contributed by atoms with Gasteiger partial charge in [-0.25, -0.2) is 0 Å². The van der Waals surface area contributed by atoms with Gasteiger partial charge in [-0.05, 0) is 73.0 Å². The van der Waals surface area contributed by atoms with Gasteiger partial charge in [-0.3, -0.25) is 9.59 Å². The van der Waals surface area contributed by atoms with Gasteiger partial charge in [0.25, 0.3) is 11.8 Å². The first kappa shape index (κ1) is 18.7. The molecule has 3 aromatic rings. The van der Waals surface area contributed by atoms with Gasteiger partial charge in [-0.15, -0.1) is 0 Å². The van der Waals surface area contributed by atoms with Gasteiger partial charge in [0.1, 0.15) is 5.75 Å². The van der Waals surface area contributed by atoms with Gasteiger partial charge in [0.15, 0.2) is 0 Å². The van der Waals surface area contributed by atoms with Crippen molar-refractivity contribution in [2.45, 2.75) is 12.8 Å². The zero-order valence-corrected chi connectivity index (χ0v) is 16.2. The second-order valence-electron chi connectivity index (χ2n) is 6.95. The van der Waals surface area contributed by atoms with Gasteiger partial charge in [0.2, 0.25) is 0 Å². The lowest BCUT2D eigenvalue weighted by Gasteiger charge is -2.30. The van der Waals surface area contributed by atoms with Crippen molar-refractivity contribution in [1.29, 1.82) is 0 Å². The van der Waals surface area contributed by atoms with E-state index in [4.69, 9.17) is 4.74 Å². The molecule has 0 atom stereocenters. The van der Waals surface area contributed by atoms with E-state index in [-0.39, 0.29) is 11.8 Å². The lowest BCUT2D eigenvalue weighted by molar-refractivity contribution is 0.0983. The summed E-state index contributed by atoms with van der Waals surface area (Å²) < 4.78 is 5.13. The van der Waals surface area contributed by atoms with Crippen LogP contribution in [0.3, 0.4) is 0 Å². The molecule has 0 bridgehead atoms. The van der Waals surface area contributed by atoms with Crippen molar-refractivity contribution in [3.63, 3.8) is 0 Å². The normalized spacial score (nSPS) is 12.8. The van der Waals surface area contributed by atoms with Gasteiger partial charge in [0.05, 0.1) is 7.11 Å². The van der Waals surface area contributed by atoms with Crippen LogP contribution in [0.15, 0.2) is 72.8 Å². The minimum atomic E-state index is -0.180. The highest BCUT2D eigenvalue weighted by atomic mass is 16.5. The van der Waals surface area contributed by atoms with E-state index in [9.17, 15) is 9.59 Å². The van der Waals surface area contributed by atoms with E-state index in [1.165, 1.54) is 0 Å². The summed E-state index contributed by atoms with van der Waals surface area (Å²) in [4.78, 5) is 27.3. The van der Waals surface area contributed by atoms with Gasteiger partial charge < -0.3 is 15.0 Å². The molecule has 1 N–H and O–H groups in total. The highest BCUT2D eigenvalue weighted by Gasteiger charge is 2.23. The predicted molar refractivity (Wildman–Crippen MR) is 114 cm³/mol. The fourth-order valence-corrected chi connectivity index (χ4v) is 3.57. The molecule has 2 amide bonds. The topological polar surface area (TPSA) is 58.6 Å². The zero-order valence-electron chi connectivity index (χ0n) is 16.2. The van der Waals surface area contributed by atoms with Crippen LogP contribution in [0.25, 0.3) is 0 Å². The minimum absolute atomic E-state index is 0.00145. The number of carbonyl (C=O) groups excluding carboxylic acids is 2. The van der Waals surface area contributed by atoms with Crippen molar-refractivity contribution >= 4 is 23.2 Å². The van der Waals surface area contributed by atoms with Crippen LogP contribution in [0.4, 0.5) is 11.4 Å². The predicted octanol–water partition coefficient (Wildman–Crippen LogP) is 4.54. The second kappa shape index (κ2) is 8.19. The number of hydrogen-bond donors (Lipinski definition) is 1. The summed E-state index contributed by atoms with van der Waals surface area (Å²) in [6, 6.07) is 22.0. The van der Waals surface area contributed by atoms with Gasteiger partial charge in [-0.2, -0.15) is 0 Å². The van der Waals surface area contributed by atoms with Crippen LogP contribution in [0.2, 0.25) is 0 Å². The molecule has 1 aliphatic rings. The van der Waals surface area contributed by atoms with Gasteiger partial charge >= 0.3 is 0 Å². The molecule has 0 fully saturated rings. The standard InChI is InChI=1S/C24H22N2O3/c1-29-21-12-9-17(10-13-21)23(27)25-20-11-14-22-19(16-20)8-5-15-26(22)24(28)18-6-3-2-4-7-18/h2-4,6-7,9-14,16H,5,8,15H2,1H3,(H,25,27). The van der Waals surface area contributed by atoms with Crippen molar-refractivity contribution in [2.75, 3.05) is 23.9 Å². The molecular formula is C24H22N2O3. The molecule has 146 valence electrons. The molecule has 0 saturated heterocycles. The first-order chi connectivity index (χ1) is 14.2. The Morgan fingerprint density at radius 3 is 2.41 bits per heavy atom. The number of fused-ring (bicyclic) bond motifs is 1. The molecular weight excluding hydrogens is 364 g/mol. The average Bonchev–Trinajstić information content (AvgIpc) is 2.78. The highest BCUT2D eigenvalue weighted by Crippen LogP contribution is 2.31. The van der Waals surface area contributed by atoms with Gasteiger partial charge in [0, 0.05) is 29.0 Å². The number of rotatable bonds is 4. The van der Waals surface area contributed by atoms with E-state index in [2.05, 4.69) is 5.32 Å². The first-order valence-corrected chi connectivity index (χ1v) is 9.61. The van der Waals surface area contributed by atoms with Crippen LogP contribution in [-0.4, -0.2) is 25.5 Å². The molecule has 0 aliphatic carbocycles. The van der Waals surface area contributed by atoms with Crippen molar-refractivity contribution < 1.29 is 14.3 Å². The number of carbonyl (C=O) groups is 2.